The van der Waals surface area contributed by atoms with Gasteiger partial charge in [-0.25, -0.2) is 22.8 Å². The quantitative estimate of drug-likeness (QED) is 0.0678. The van der Waals surface area contributed by atoms with E-state index in [1.165, 1.54) is 49.2 Å². The SMILES string of the molecule is CC1COCCN1C[C@H]1CN(C(=O)OC(C)(C)C)[C@H](C)CN1CC(=O)N1CC(C)(C(=O)Nc2ccc(C(=O)Nc3ccc4c(c3)C(C(=O)Nc3c(F)cccc3F)N(C(=O)C(NC(=O)C(C)N(C)C(=O)OC(C)(C)C)C3CCOCC3)C4)cc2)c2ccc(Cc3ccc(F)cc3)cc21. The van der Waals surface area contributed by atoms with Gasteiger partial charge in [0.15, 0.2) is 0 Å². The van der Waals surface area contributed by atoms with Crippen molar-refractivity contribution in [1.29, 1.82) is 0 Å². The number of carbonyl (C=O) groups excluding carboxylic acids is 8. The number of halogens is 3. The van der Waals surface area contributed by atoms with Crippen molar-refractivity contribution in [2.75, 3.05) is 93.6 Å². The Bertz CT molecular complexity index is 3800. The van der Waals surface area contributed by atoms with Crippen LogP contribution in [0, 0.1) is 23.4 Å². The van der Waals surface area contributed by atoms with E-state index in [0.29, 0.717) is 81.2 Å². The molecule has 0 spiro atoms. The highest BCUT2D eigenvalue weighted by Gasteiger charge is 2.49. The number of benzene rings is 5. The van der Waals surface area contributed by atoms with Gasteiger partial charge in [0.05, 0.1) is 25.2 Å². The second kappa shape index (κ2) is 29.7. The highest BCUT2D eigenvalue weighted by atomic mass is 19.1. The lowest BCUT2D eigenvalue weighted by molar-refractivity contribution is -0.144. The Labute approximate surface area is 569 Å². The average molecular weight is 1360 g/mol. The second-order valence-electron chi connectivity index (χ2n) is 28.5. The summed E-state index contributed by atoms with van der Waals surface area (Å²) in [5, 5.41) is 11.1. The van der Waals surface area contributed by atoms with Gasteiger partial charge in [0.1, 0.15) is 52.5 Å². The van der Waals surface area contributed by atoms with Crippen molar-refractivity contribution in [2.45, 2.75) is 148 Å². The molecule has 0 bridgehead atoms. The minimum Gasteiger partial charge on any atom is -0.444 e. The Kier molecular flexibility index (Phi) is 21.7. The number of anilines is 4. The van der Waals surface area contributed by atoms with Crippen LogP contribution in [0.2, 0.25) is 0 Å². The topological polar surface area (TPSA) is 241 Å². The largest absolute Gasteiger partial charge is 0.444 e. The first kappa shape index (κ1) is 71.9. The zero-order chi connectivity index (χ0) is 70.7. The Morgan fingerprint density at radius 3 is 2.05 bits per heavy atom. The number of fused-ring (bicyclic) bond motifs is 2. The van der Waals surface area contributed by atoms with Crippen LogP contribution in [0.1, 0.15) is 126 Å². The monoisotopic (exact) mass is 1350 g/mol. The lowest BCUT2D eigenvalue weighted by Crippen LogP contribution is -2.64. The van der Waals surface area contributed by atoms with Crippen molar-refractivity contribution in [1.82, 2.24) is 29.8 Å². The molecule has 524 valence electrons. The number of hydrogen-bond donors (Lipinski definition) is 4. The Balaban J connectivity index is 0.872. The Morgan fingerprint density at radius 2 is 1.39 bits per heavy atom. The summed E-state index contributed by atoms with van der Waals surface area (Å²) in [5.74, 6) is -6.63. The molecule has 3 fully saturated rings. The maximum Gasteiger partial charge on any atom is 0.410 e. The van der Waals surface area contributed by atoms with Crippen LogP contribution >= 0.6 is 0 Å². The maximum absolute atomic E-state index is 15.2. The summed E-state index contributed by atoms with van der Waals surface area (Å²) < 4.78 is 67.2. The third kappa shape index (κ3) is 16.6. The van der Waals surface area contributed by atoms with Gasteiger partial charge in [0.25, 0.3) is 11.8 Å². The first-order valence-electron chi connectivity index (χ1n) is 33.3. The highest BCUT2D eigenvalue weighted by Crippen LogP contribution is 2.44. The van der Waals surface area contributed by atoms with E-state index in [4.69, 9.17) is 18.9 Å². The van der Waals surface area contributed by atoms with E-state index in [2.05, 4.69) is 38.0 Å². The maximum atomic E-state index is 15.2. The predicted molar refractivity (Wildman–Crippen MR) is 362 cm³/mol. The zero-order valence-electron chi connectivity index (χ0n) is 57.5. The Hall–Kier alpha value is -8.91. The van der Waals surface area contributed by atoms with E-state index in [1.54, 1.807) is 73.9 Å². The molecule has 4 N–H and O–H groups in total. The predicted octanol–water partition coefficient (Wildman–Crippen LogP) is 9.41. The summed E-state index contributed by atoms with van der Waals surface area (Å²) in [6.45, 7) is 21.2. The third-order valence-electron chi connectivity index (χ3n) is 18.9. The highest BCUT2D eigenvalue weighted by molar-refractivity contribution is 6.08. The summed E-state index contributed by atoms with van der Waals surface area (Å²) >= 11 is 0. The summed E-state index contributed by atoms with van der Waals surface area (Å²) in [4.78, 5) is 125. The number of para-hydroxylation sites is 1. The number of nitrogens with one attached hydrogen (secondary N) is 4. The standard InChI is InChI=1S/C73H89F3N10O12/c1-43-36-83(54(38-82-29-32-96-41-44(82)2)39-84(43)70(94)98-72(7,8)9)40-60(87)86-42-73(10,56-26-17-47(34-59(56)86)33-46-15-21-51(74)22-16-46)68(92)78-52-23-18-49(19-24-52)65(89)77-53-25-20-50-37-85(63(55(50)35-53)66(90)80-62-57(75)13-12-14-58(62)76)67(91)61(48-27-30-95-31-28-48)79-64(88)45(3)81(11)69(93)97-71(4,5)6/h12-26,34-35,43-45,48,54,61,63H,27-33,36-42H2,1-11H3,(H,77,89)(H,78,92)(H,79,88)(H,80,90)/t43-,44?,45?,54+,61?,63?,73?/m1/s1. The van der Waals surface area contributed by atoms with Crippen LogP contribution in [0.4, 0.5) is 45.5 Å². The molecule has 5 aliphatic heterocycles. The van der Waals surface area contributed by atoms with Gasteiger partial charge < -0.3 is 54.9 Å². The van der Waals surface area contributed by atoms with E-state index in [0.717, 1.165) is 34.2 Å². The fraction of sp³-hybridized carbons (Fsp3) is 0.479. The molecule has 98 heavy (non-hydrogen) atoms. The van der Waals surface area contributed by atoms with Gasteiger partial charge in [-0.3, -0.25) is 43.5 Å². The lowest BCUT2D eigenvalue weighted by atomic mass is 9.83. The molecule has 25 heteroatoms. The number of nitrogens with zero attached hydrogens (tertiary/aromatic N) is 6. The van der Waals surface area contributed by atoms with Crippen LogP contribution in [0.5, 0.6) is 0 Å². The van der Waals surface area contributed by atoms with Crippen molar-refractivity contribution in [2.24, 2.45) is 5.92 Å². The molecule has 10 rings (SSSR count). The van der Waals surface area contributed by atoms with E-state index < -0.39 is 99.7 Å². The molecule has 0 radical (unpaired) electrons. The van der Waals surface area contributed by atoms with Crippen molar-refractivity contribution >= 4 is 70.4 Å². The van der Waals surface area contributed by atoms with Crippen LogP contribution in [0.3, 0.4) is 0 Å². The molecular formula is C73H89F3N10O12. The van der Waals surface area contributed by atoms with Crippen molar-refractivity contribution in [3.05, 3.63) is 154 Å². The first-order valence-corrected chi connectivity index (χ1v) is 33.3. The van der Waals surface area contributed by atoms with Gasteiger partial charge in [0.2, 0.25) is 23.6 Å². The lowest BCUT2D eigenvalue weighted by Gasteiger charge is -2.47. The number of ether oxygens (including phenoxy) is 4. The molecule has 8 amide bonds. The van der Waals surface area contributed by atoms with Crippen LogP contribution < -0.4 is 26.2 Å². The minimum atomic E-state index is -1.54. The molecular weight excluding hydrogens is 1270 g/mol. The van der Waals surface area contributed by atoms with Gasteiger partial charge in [0, 0.05) is 100 Å². The number of piperazine rings is 1. The van der Waals surface area contributed by atoms with Crippen LogP contribution in [0.25, 0.3) is 0 Å². The molecule has 0 saturated carbocycles. The molecule has 5 aromatic carbocycles. The van der Waals surface area contributed by atoms with Crippen molar-refractivity contribution in [3.8, 4) is 0 Å². The van der Waals surface area contributed by atoms with E-state index >= 15 is 18.4 Å². The molecule has 3 saturated heterocycles. The van der Waals surface area contributed by atoms with Gasteiger partial charge in [-0.05, 0) is 189 Å². The van der Waals surface area contributed by atoms with Crippen molar-refractivity contribution in [3.63, 3.8) is 0 Å². The van der Waals surface area contributed by atoms with Gasteiger partial charge in [-0.1, -0.05) is 36.4 Å². The van der Waals surface area contributed by atoms with Crippen LogP contribution in [-0.2, 0) is 61.3 Å². The summed E-state index contributed by atoms with van der Waals surface area (Å²) in [6, 6.07) is 21.4. The number of morpholine rings is 1. The number of hydrogen-bond acceptors (Lipinski definition) is 14. The smallest absolute Gasteiger partial charge is 0.410 e. The van der Waals surface area contributed by atoms with E-state index in [1.807, 2.05) is 45.9 Å². The molecule has 7 atom stereocenters. The van der Waals surface area contributed by atoms with E-state index in [9.17, 15) is 33.2 Å². The van der Waals surface area contributed by atoms with Crippen LogP contribution in [-0.4, -0.2) is 186 Å². The Morgan fingerprint density at radius 1 is 0.724 bits per heavy atom. The normalized spacial score (nSPS) is 21.3. The first-order chi connectivity index (χ1) is 46.3. The average Bonchev–Trinajstić information content (AvgIpc) is 1.59. The van der Waals surface area contributed by atoms with Gasteiger partial charge in [-0.2, -0.15) is 0 Å². The van der Waals surface area contributed by atoms with E-state index in [-0.39, 0.29) is 79.5 Å². The molecule has 5 aromatic rings. The molecule has 5 unspecified atom stereocenters. The molecule has 5 aliphatic rings. The summed E-state index contributed by atoms with van der Waals surface area (Å²) in [7, 11) is 1.40. The molecule has 0 aromatic heterocycles. The van der Waals surface area contributed by atoms with Gasteiger partial charge in [-0.15, -0.1) is 0 Å². The van der Waals surface area contributed by atoms with Crippen molar-refractivity contribution < 1.29 is 70.5 Å². The molecule has 0 aliphatic carbocycles. The molecule has 5 heterocycles. The number of likely N-dealkylation sites (N-methyl/N-ethyl adjacent to an activating group) is 1. The van der Waals surface area contributed by atoms with Gasteiger partial charge >= 0.3 is 12.2 Å². The van der Waals surface area contributed by atoms with Crippen LogP contribution in [0.15, 0.2) is 103 Å². The molecule has 22 nitrogen and oxygen atoms in total. The summed E-state index contributed by atoms with van der Waals surface area (Å²) in [5.41, 5.74) is 0.576. The third-order valence-corrected chi connectivity index (χ3v) is 18.9. The zero-order valence-corrected chi connectivity index (χ0v) is 57.5. The minimum absolute atomic E-state index is 0.0220. The number of carbonyl (C=O) groups is 8. The fourth-order valence-electron chi connectivity index (χ4n) is 13.3. The summed E-state index contributed by atoms with van der Waals surface area (Å²) in [6.07, 6.45) is -0.0765. The number of amides is 8. The number of rotatable bonds is 17. The fourth-order valence-corrected chi connectivity index (χ4v) is 13.3. The second-order valence-corrected chi connectivity index (χ2v) is 28.5.